The lowest BCUT2D eigenvalue weighted by atomic mass is 9.99. The van der Waals surface area contributed by atoms with Gasteiger partial charge in [0.25, 0.3) is 5.91 Å². The molecule has 1 aliphatic rings. The van der Waals surface area contributed by atoms with Gasteiger partial charge in [-0.1, -0.05) is 35.9 Å². The van der Waals surface area contributed by atoms with Gasteiger partial charge in [0.05, 0.1) is 44.9 Å². The van der Waals surface area contributed by atoms with Crippen molar-refractivity contribution in [2.75, 3.05) is 50.9 Å². The number of nitrogens with two attached hydrogens (primary N) is 2. The number of benzene rings is 2. The molecule has 0 saturated carbocycles. The molecule has 0 bridgehead atoms. The molecule has 1 atom stereocenters. The van der Waals surface area contributed by atoms with Gasteiger partial charge in [0, 0.05) is 63.6 Å². The fraction of sp³-hybridized carbons (Fsp3) is 0.432. The van der Waals surface area contributed by atoms with Crippen LogP contribution in [0.5, 0.6) is 11.5 Å². The molecular weight excluding hydrogens is 784 g/mol. The number of anilines is 2. The molecule has 5 aromatic rings. The maximum atomic E-state index is 13.3. The number of halogens is 1. The van der Waals surface area contributed by atoms with Crippen molar-refractivity contribution in [2.45, 2.75) is 83.3 Å². The number of hydrogen-bond acceptors (Lipinski definition) is 11. The molecule has 2 aromatic carbocycles. The number of nitrogen functional groups attached to an aromatic ring is 2. The normalized spacial score (nSPS) is 14.7. The molecule has 60 heavy (non-hydrogen) atoms. The summed E-state index contributed by atoms with van der Waals surface area (Å²) in [6.07, 6.45) is 18.6. The summed E-state index contributed by atoms with van der Waals surface area (Å²) in [6, 6.07) is 15.9. The molecule has 0 radical (unpaired) electrons. The summed E-state index contributed by atoms with van der Waals surface area (Å²) in [4.78, 5) is 54.3. The zero-order chi connectivity index (χ0) is 42.2. The third-order valence-corrected chi connectivity index (χ3v) is 11.2. The number of quaternary nitrogens is 1. The van der Waals surface area contributed by atoms with E-state index < -0.39 is 5.91 Å². The zero-order valence-corrected chi connectivity index (χ0v) is 34.8. The van der Waals surface area contributed by atoms with Crippen LogP contribution in [-0.2, 0) is 35.5 Å². The van der Waals surface area contributed by atoms with Gasteiger partial charge in [-0.3, -0.25) is 14.4 Å². The van der Waals surface area contributed by atoms with Crippen LogP contribution in [-0.4, -0.2) is 96.5 Å². The van der Waals surface area contributed by atoms with Crippen molar-refractivity contribution in [1.82, 2.24) is 34.4 Å². The smallest absolute Gasteiger partial charge is 0.274 e. The van der Waals surface area contributed by atoms with E-state index in [0.717, 1.165) is 95.1 Å². The predicted molar refractivity (Wildman–Crippen MR) is 230 cm³/mol. The summed E-state index contributed by atoms with van der Waals surface area (Å²) >= 11 is 6.09. The quantitative estimate of drug-likeness (QED) is 0.0663. The summed E-state index contributed by atoms with van der Waals surface area (Å²) in [6.45, 7) is 5.28. The maximum absolute atomic E-state index is 13.3. The Morgan fingerprint density at radius 2 is 1.28 bits per heavy atom. The number of piperidine rings is 1. The third kappa shape index (κ3) is 13.6. The summed E-state index contributed by atoms with van der Waals surface area (Å²) in [5.74, 6) is 1.01. The van der Waals surface area contributed by atoms with Crippen molar-refractivity contribution in [3.63, 3.8) is 0 Å². The van der Waals surface area contributed by atoms with E-state index in [0.29, 0.717) is 24.3 Å². The Bertz CT molecular complexity index is 2010. The monoisotopic (exact) mass is 839 g/mol. The summed E-state index contributed by atoms with van der Waals surface area (Å²) in [5, 5.41) is 3.11. The van der Waals surface area contributed by atoms with Gasteiger partial charge in [-0.25, -0.2) is 19.9 Å². The van der Waals surface area contributed by atoms with Crippen LogP contribution < -0.4 is 26.3 Å². The molecule has 0 spiro atoms. The Morgan fingerprint density at radius 1 is 0.750 bits per heavy atom. The van der Waals surface area contributed by atoms with E-state index in [2.05, 4.69) is 49.5 Å². The molecule has 0 unspecified atom stereocenters. The lowest BCUT2D eigenvalue weighted by molar-refractivity contribution is -0.933. The fourth-order valence-corrected chi connectivity index (χ4v) is 7.92. The Hall–Kier alpha value is -5.80. The Labute approximate surface area is 356 Å². The number of nitrogens with zero attached hydrogens (tertiary/aromatic N) is 7. The Balaban J connectivity index is 0.997. The van der Waals surface area contributed by atoms with Crippen molar-refractivity contribution in [3.8, 4) is 11.5 Å². The topological polar surface area (TPSA) is 195 Å². The second kappa shape index (κ2) is 22.0. The van der Waals surface area contributed by atoms with Gasteiger partial charge < -0.3 is 39.9 Å². The van der Waals surface area contributed by atoms with Crippen LogP contribution in [0.2, 0.25) is 5.15 Å². The van der Waals surface area contributed by atoms with Crippen LogP contribution in [0.25, 0.3) is 0 Å². The summed E-state index contributed by atoms with van der Waals surface area (Å²) < 4.78 is 16.4. The molecule has 4 heterocycles. The summed E-state index contributed by atoms with van der Waals surface area (Å²) in [5.41, 5.74) is 14.1. The molecular formula is C44H56ClN10O5+. The van der Waals surface area contributed by atoms with E-state index in [9.17, 15) is 14.4 Å². The first-order chi connectivity index (χ1) is 29.1. The number of aromatic nitrogens is 6. The molecule has 1 amide bonds. The minimum Gasteiger partial charge on any atom is -0.486 e. The van der Waals surface area contributed by atoms with Gasteiger partial charge in [0.15, 0.2) is 34.0 Å². The van der Waals surface area contributed by atoms with Crippen molar-refractivity contribution in [3.05, 3.63) is 108 Å². The maximum Gasteiger partial charge on any atom is 0.274 e. The lowest BCUT2D eigenvalue weighted by Gasteiger charge is -2.45. The molecule has 16 heteroatoms. The molecule has 1 fully saturated rings. The average Bonchev–Trinajstić information content (AvgIpc) is 3.97. The second-order valence-electron chi connectivity index (χ2n) is 15.6. The number of carbonyl (C=O) groups is 3. The highest BCUT2D eigenvalue weighted by atomic mass is 35.5. The third-order valence-electron chi connectivity index (χ3n) is 11.0. The van der Waals surface area contributed by atoms with Crippen LogP contribution in [0.3, 0.4) is 0 Å². The van der Waals surface area contributed by atoms with Gasteiger partial charge >= 0.3 is 0 Å². The van der Waals surface area contributed by atoms with Crippen molar-refractivity contribution in [2.24, 2.45) is 0 Å². The molecule has 15 nitrogen and oxygen atoms in total. The first-order valence-corrected chi connectivity index (χ1v) is 21.1. The fourth-order valence-electron chi connectivity index (χ4n) is 7.79. The van der Waals surface area contributed by atoms with Gasteiger partial charge in [0.2, 0.25) is 0 Å². The molecule has 6 rings (SSSR count). The molecule has 5 N–H and O–H groups in total. The number of carbonyl (C=O) groups excluding carboxylic acids is 3. The molecule has 1 aliphatic heterocycles. The number of Topliss-reactive ketones (excluding diaryl/α,β-unsaturated/α-hetero) is 2. The SMILES string of the molecule is Nc1nc(N)c(C(=O)N[C@H]2CCC[N+](CCCc3ccc(OCC(=O)CCCn4ccnc4)cc3)(CCCc3ccc(OCC(=O)CCCn4ccnc4)cc3)C2)nc1Cl. The van der Waals surface area contributed by atoms with Crippen LogP contribution in [0.1, 0.15) is 73.0 Å². The Morgan fingerprint density at radius 3 is 1.78 bits per heavy atom. The standard InChI is InChI=1S/C44H55ClN10O5/c45-41-43(47)52-42(46)40(51-41)44(58)50-35-8-5-27-55(28-35,25-3-6-33-11-15-38(16-12-33)59-29-36(56)9-1-21-53-23-19-48-31-53)26-4-7-34-13-17-39(18-14-34)60-30-37(57)10-2-22-54-24-20-49-32-54/h11-20,23-24,31-32,35H,1-10,21-22,25-30H2,(H4-,46,47,50,52,58)/p+1/t35-/m0/s1. The number of ketones is 2. The second-order valence-corrected chi connectivity index (χ2v) is 16.0. The van der Waals surface area contributed by atoms with Crippen LogP contribution in [0, 0.1) is 0 Å². The van der Waals surface area contributed by atoms with Crippen molar-refractivity contribution < 1.29 is 28.3 Å². The molecule has 0 aliphatic carbocycles. The highest BCUT2D eigenvalue weighted by Crippen LogP contribution is 2.25. The first kappa shape index (κ1) is 43.8. The van der Waals surface area contributed by atoms with E-state index in [1.807, 2.05) is 45.8 Å². The average molecular weight is 840 g/mol. The van der Waals surface area contributed by atoms with Crippen molar-refractivity contribution in [1.29, 1.82) is 0 Å². The van der Waals surface area contributed by atoms with Gasteiger partial charge in [-0.05, 0) is 73.9 Å². The Kier molecular flexibility index (Phi) is 16.0. The van der Waals surface area contributed by atoms with E-state index in [4.69, 9.17) is 32.5 Å². The highest BCUT2D eigenvalue weighted by molar-refractivity contribution is 6.31. The van der Waals surface area contributed by atoms with Crippen LogP contribution in [0.15, 0.2) is 86.0 Å². The van der Waals surface area contributed by atoms with Gasteiger partial charge in [-0.15, -0.1) is 0 Å². The van der Waals surface area contributed by atoms with E-state index >= 15 is 0 Å². The number of hydrogen-bond donors (Lipinski definition) is 3. The number of likely N-dealkylation sites (tertiary alicyclic amines) is 1. The van der Waals surface area contributed by atoms with E-state index in [1.54, 1.807) is 25.0 Å². The number of nitrogens with one attached hydrogen (secondary N) is 1. The molecule has 1 saturated heterocycles. The van der Waals surface area contributed by atoms with Crippen molar-refractivity contribution >= 4 is 40.7 Å². The van der Waals surface area contributed by atoms with Crippen LogP contribution >= 0.6 is 11.6 Å². The summed E-state index contributed by atoms with van der Waals surface area (Å²) in [7, 11) is 0. The largest absolute Gasteiger partial charge is 0.486 e. The number of rotatable bonds is 24. The minimum absolute atomic E-state index is 0.0184. The minimum atomic E-state index is -0.413. The number of imidazole rings is 2. The number of amides is 1. The van der Waals surface area contributed by atoms with Crippen LogP contribution in [0.4, 0.5) is 11.6 Å². The number of ether oxygens (including phenoxy) is 2. The molecule has 318 valence electrons. The van der Waals surface area contributed by atoms with E-state index in [1.165, 1.54) is 11.1 Å². The molecule has 3 aromatic heterocycles. The lowest BCUT2D eigenvalue weighted by Crippen LogP contribution is -2.60. The first-order valence-electron chi connectivity index (χ1n) is 20.8. The zero-order valence-electron chi connectivity index (χ0n) is 34.1. The highest BCUT2D eigenvalue weighted by Gasteiger charge is 2.35. The van der Waals surface area contributed by atoms with E-state index in [-0.39, 0.29) is 53.3 Å². The predicted octanol–water partition coefficient (Wildman–Crippen LogP) is 5.52. The van der Waals surface area contributed by atoms with Gasteiger partial charge in [0.1, 0.15) is 24.7 Å². The number of aryl methyl sites for hydroxylation is 4. The van der Waals surface area contributed by atoms with Gasteiger partial charge in [-0.2, -0.15) is 0 Å².